The zero-order valence-corrected chi connectivity index (χ0v) is 14.4. The molecule has 1 fully saturated rings. The van der Waals surface area contributed by atoms with Gasteiger partial charge in [0.25, 0.3) is 5.91 Å². The van der Waals surface area contributed by atoms with Crippen molar-refractivity contribution in [1.82, 2.24) is 10.2 Å². The predicted octanol–water partition coefficient (Wildman–Crippen LogP) is 2.88. The molecule has 2 heterocycles. The number of carbonyl (C=O) groups is 2. The minimum atomic E-state index is -4.62. The fourth-order valence-electron chi connectivity index (χ4n) is 3.47. The predicted molar refractivity (Wildman–Crippen MR) is 93.2 cm³/mol. The number of fused-ring (bicyclic) bond motifs is 2. The zero-order valence-electron chi connectivity index (χ0n) is 14.4. The highest BCUT2D eigenvalue weighted by Gasteiger charge is 2.37. The van der Waals surface area contributed by atoms with E-state index in [0.717, 1.165) is 6.07 Å². The Morgan fingerprint density at radius 3 is 2.57 bits per heavy atom. The molecule has 5 nitrogen and oxygen atoms in total. The molecule has 2 aliphatic rings. The highest BCUT2D eigenvalue weighted by Crippen LogP contribution is 2.35. The molecule has 2 amide bonds. The van der Waals surface area contributed by atoms with E-state index in [-0.39, 0.29) is 28.3 Å². The Morgan fingerprint density at radius 2 is 1.82 bits per heavy atom. The average molecular weight is 393 g/mol. The van der Waals surface area contributed by atoms with Crippen molar-refractivity contribution in [2.75, 3.05) is 25.0 Å². The second-order valence-electron chi connectivity index (χ2n) is 6.66. The van der Waals surface area contributed by atoms with Crippen LogP contribution in [0.5, 0.6) is 0 Å². The first-order valence-electron chi connectivity index (χ1n) is 8.59. The number of benzene rings is 2. The van der Waals surface area contributed by atoms with Crippen LogP contribution in [0, 0.1) is 5.82 Å². The van der Waals surface area contributed by atoms with Crippen LogP contribution in [-0.2, 0) is 11.0 Å². The molecule has 0 aromatic heterocycles. The van der Waals surface area contributed by atoms with Crippen LogP contribution >= 0.6 is 0 Å². The number of carbonyl (C=O) groups excluding carboxylic acids is 2. The number of halogens is 4. The van der Waals surface area contributed by atoms with E-state index in [1.54, 1.807) is 0 Å². The Bertz CT molecular complexity index is 974. The maximum absolute atomic E-state index is 14.2. The Balaban J connectivity index is 1.80. The van der Waals surface area contributed by atoms with Gasteiger partial charge in [0, 0.05) is 25.2 Å². The Labute approximate surface area is 157 Å². The van der Waals surface area contributed by atoms with Gasteiger partial charge in [0.2, 0.25) is 5.91 Å². The van der Waals surface area contributed by atoms with Crippen molar-refractivity contribution in [1.29, 1.82) is 0 Å². The molecule has 0 spiro atoms. The van der Waals surface area contributed by atoms with Gasteiger partial charge in [-0.1, -0.05) is 6.07 Å². The normalized spacial score (nSPS) is 19.6. The Kier molecular flexibility index (Phi) is 4.34. The van der Waals surface area contributed by atoms with Crippen LogP contribution < -0.4 is 10.6 Å². The van der Waals surface area contributed by atoms with Gasteiger partial charge in [0.05, 0.1) is 16.8 Å². The quantitative estimate of drug-likeness (QED) is 0.733. The summed E-state index contributed by atoms with van der Waals surface area (Å²) in [6.45, 7) is 1.14. The number of anilines is 1. The minimum absolute atomic E-state index is 0.118. The number of nitrogens with one attached hydrogen (secondary N) is 2. The summed E-state index contributed by atoms with van der Waals surface area (Å²) in [5.41, 5.74) is -0.760. The number of rotatable bonds is 1. The maximum atomic E-state index is 14.2. The summed E-state index contributed by atoms with van der Waals surface area (Å²) in [5, 5.41) is 5.71. The molecule has 0 aliphatic carbocycles. The third-order valence-electron chi connectivity index (χ3n) is 4.92. The van der Waals surface area contributed by atoms with E-state index in [2.05, 4.69) is 10.6 Å². The molecule has 2 aromatic rings. The summed E-state index contributed by atoms with van der Waals surface area (Å²) in [5.74, 6) is -1.61. The zero-order chi connectivity index (χ0) is 20.1. The fraction of sp³-hybridized carbons (Fsp3) is 0.263. The van der Waals surface area contributed by atoms with Gasteiger partial charge in [-0.2, -0.15) is 13.2 Å². The molecule has 28 heavy (non-hydrogen) atoms. The van der Waals surface area contributed by atoms with Crippen LogP contribution in [0.15, 0.2) is 36.4 Å². The van der Waals surface area contributed by atoms with Gasteiger partial charge in [-0.15, -0.1) is 0 Å². The van der Waals surface area contributed by atoms with Crippen molar-refractivity contribution < 1.29 is 27.2 Å². The third kappa shape index (κ3) is 3.11. The van der Waals surface area contributed by atoms with Crippen molar-refractivity contribution in [3.05, 3.63) is 53.3 Å². The topological polar surface area (TPSA) is 61.4 Å². The molecule has 1 saturated heterocycles. The number of amides is 2. The summed E-state index contributed by atoms with van der Waals surface area (Å²) in [6.07, 6.45) is -4.62. The second kappa shape index (κ2) is 6.59. The Hall–Kier alpha value is -2.94. The van der Waals surface area contributed by atoms with Gasteiger partial charge in [0.15, 0.2) is 0 Å². The molecule has 0 bridgehead atoms. The van der Waals surface area contributed by atoms with E-state index in [4.69, 9.17) is 0 Å². The fourth-order valence-corrected chi connectivity index (χ4v) is 3.47. The van der Waals surface area contributed by atoms with E-state index in [9.17, 15) is 27.2 Å². The SMILES string of the molecule is O=C1Nc2ccc(-c3cc(C(F)(F)F)ccc3F)cc2C(=O)N2CCNCC12. The number of nitrogens with zero attached hydrogens (tertiary/aromatic N) is 1. The summed E-state index contributed by atoms with van der Waals surface area (Å²) < 4.78 is 53.2. The van der Waals surface area contributed by atoms with Crippen LogP contribution in [0.1, 0.15) is 15.9 Å². The lowest BCUT2D eigenvalue weighted by Crippen LogP contribution is -2.57. The molecule has 146 valence electrons. The van der Waals surface area contributed by atoms with Crippen LogP contribution in [0.4, 0.5) is 23.2 Å². The Morgan fingerprint density at radius 1 is 1.04 bits per heavy atom. The average Bonchev–Trinajstić information content (AvgIpc) is 2.77. The first-order chi connectivity index (χ1) is 13.3. The molecule has 1 unspecified atom stereocenters. The van der Waals surface area contributed by atoms with Crippen molar-refractivity contribution in [3.8, 4) is 11.1 Å². The summed E-state index contributed by atoms with van der Waals surface area (Å²) in [7, 11) is 0. The van der Waals surface area contributed by atoms with Crippen LogP contribution in [0.3, 0.4) is 0 Å². The molecule has 2 N–H and O–H groups in total. The highest BCUT2D eigenvalue weighted by molar-refractivity contribution is 6.10. The smallest absolute Gasteiger partial charge is 0.324 e. The maximum Gasteiger partial charge on any atom is 0.416 e. The summed E-state index contributed by atoms with van der Waals surface area (Å²) in [6, 6.07) is 5.56. The van der Waals surface area contributed by atoms with Gasteiger partial charge < -0.3 is 15.5 Å². The molecule has 2 aromatic carbocycles. The molecule has 2 aliphatic heterocycles. The molecular formula is C19H15F4N3O2. The lowest BCUT2D eigenvalue weighted by molar-refractivity contribution is -0.137. The highest BCUT2D eigenvalue weighted by atomic mass is 19.4. The van der Waals surface area contributed by atoms with Gasteiger partial charge >= 0.3 is 6.18 Å². The first-order valence-corrected chi connectivity index (χ1v) is 8.59. The van der Waals surface area contributed by atoms with Gasteiger partial charge in [0.1, 0.15) is 11.9 Å². The summed E-state index contributed by atoms with van der Waals surface area (Å²) in [4.78, 5) is 26.8. The van der Waals surface area contributed by atoms with Crippen LogP contribution in [0.2, 0.25) is 0 Å². The van der Waals surface area contributed by atoms with Gasteiger partial charge in [-0.05, 0) is 35.9 Å². The second-order valence-corrected chi connectivity index (χ2v) is 6.66. The van der Waals surface area contributed by atoms with Crippen molar-refractivity contribution in [3.63, 3.8) is 0 Å². The van der Waals surface area contributed by atoms with E-state index in [0.29, 0.717) is 31.8 Å². The lowest BCUT2D eigenvalue weighted by Gasteiger charge is -2.33. The molecule has 1 atom stereocenters. The molecule has 4 rings (SSSR count). The number of piperazine rings is 1. The van der Waals surface area contributed by atoms with Crippen LogP contribution in [-0.4, -0.2) is 42.4 Å². The van der Waals surface area contributed by atoms with Crippen molar-refractivity contribution in [2.24, 2.45) is 0 Å². The molecule has 9 heteroatoms. The lowest BCUT2D eigenvalue weighted by atomic mass is 9.98. The van der Waals surface area contributed by atoms with Gasteiger partial charge in [-0.3, -0.25) is 9.59 Å². The number of alkyl halides is 3. The van der Waals surface area contributed by atoms with E-state index in [1.807, 2.05) is 0 Å². The first kappa shape index (κ1) is 18.4. The van der Waals surface area contributed by atoms with E-state index < -0.39 is 29.5 Å². The van der Waals surface area contributed by atoms with Crippen molar-refractivity contribution in [2.45, 2.75) is 12.2 Å². The van der Waals surface area contributed by atoms with Crippen LogP contribution in [0.25, 0.3) is 11.1 Å². The molecular weight excluding hydrogens is 378 g/mol. The molecule has 0 saturated carbocycles. The van der Waals surface area contributed by atoms with E-state index >= 15 is 0 Å². The van der Waals surface area contributed by atoms with Gasteiger partial charge in [-0.25, -0.2) is 4.39 Å². The monoisotopic (exact) mass is 393 g/mol. The third-order valence-corrected chi connectivity index (χ3v) is 4.92. The minimum Gasteiger partial charge on any atom is -0.324 e. The standard InChI is InChI=1S/C19H15F4N3O2/c20-14-3-2-11(19(21,22)23)8-12(14)10-1-4-15-13(7-10)18(28)26-6-5-24-9-16(26)17(27)25-15/h1-4,7-8,16,24H,5-6,9H2,(H,25,27). The number of hydrogen-bond donors (Lipinski definition) is 2. The number of hydrogen-bond acceptors (Lipinski definition) is 3. The molecule has 0 radical (unpaired) electrons. The van der Waals surface area contributed by atoms with E-state index in [1.165, 1.54) is 23.1 Å². The van der Waals surface area contributed by atoms with Crippen molar-refractivity contribution >= 4 is 17.5 Å². The largest absolute Gasteiger partial charge is 0.416 e. The summed E-state index contributed by atoms with van der Waals surface area (Å²) >= 11 is 0.